The summed E-state index contributed by atoms with van der Waals surface area (Å²) in [6.07, 6.45) is 0.684. The second kappa shape index (κ2) is 7.31. The van der Waals surface area contributed by atoms with Gasteiger partial charge in [0.25, 0.3) is 0 Å². The maximum atomic E-state index is 13.1. The Morgan fingerprint density at radius 2 is 1.62 bits per heavy atom. The minimum Gasteiger partial charge on any atom is -0.300 e. The van der Waals surface area contributed by atoms with Crippen molar-refractivity contribution in [2.45, 2.75) is 59.7 Å². The summed E-state index contributed by atoms with van der Waals surface area (Å²) < 4.78 is 13.1. The summed E-state index contributed by atoms with van der Waals surface area (Å²) in [5, 5.41) is 0. The number of rotatable bonds is 0. The second-order valence-corrected chi connectivity index (χ2v) is 3.38. The summed E-state index contributed by atoms with van der Waals surface area (Å²) in [6.45, 7) is 12.3. The standard InChI is InChI=1S/C7H14FN.2C2H6/c1-6-4-7(2,8)5-9(6)3;2*1-2/h6H,4-5H2,1-3H3;2*1-2H3. The predicted octanol–water partition coefficient (Wildman–Crippen LogP) is 3.49. The van der Waals surface area contributed by atoms with Crippen LogP contribution in [0.2, 0.25) is 0 Å². The van der Waals surface area contributed by atoms with E-state index in [-0.39, 0.29) is 0 Å². The Morgan fingerprint density at radius 3 is 1.69 bits per heavy atom. The van der Waals surface area contributed by atoms with E-state index < -0.39 is 5.67 Å². The van der Waals surface area contributed by atoms with Crippen LogP contribution in [0.1, 0.15) is 48.0 Å². The van der Waals surface area contributed by atoms with Gasteiger partial charge in [-0.15, -0.1) is 0 Å². The van der Waals surface area contributed by atoms with Gasteiger partial charge in [-0.25, -0.2) is 4.39 Å². The lowest BCUT2D eigenvalue weighted by Gasteiger charge is -2.12. The van der Waals surface area contributed by atoms with Gasteiger partial charge in [0.2, 0.25) is 0 Å². The van der Waals surface area contributed by atoms with E-state index in [1.165, 1.54) is 0 Å². The van der Waals surface area contributed by atoms with Crippen molar-refractivity contribution >= 4 is 0 Å². The minimum absolute atomic E-state index is 0.417. The van der Waals surface area contributed by atoms with Crippen molar-refractivity contribution in [3.63, 3.8) is 0 Å². The first-order valence-electron chi connectivity index (χ1n) is 5.40. The SMILES string of the molecule is CC.CC.CC1CC(C)(F)CN1C. The molecule has 1 fully saturated rings. The van der Waals surface area contributed by atoms with Gasteiger partial charge < -0.3 is 4.90 Å². The highest BCUT2D eigenvalue weighted by atomic mass is 19.1. The summed E-state index contributed by atoms with van der Waals surface area (Å²) in [5.74, 6) is 0. The molecule has 0 radical (unpaired) electrons. The molecule has 0 saturated carbocycles. The third-order valence-corrected chi connectivity index (χ3v) is 2.05. The lowest BCUT2D eigenvalue weighted by Crippen LogP contribution is -2.24. The Balaban J connectivity index is 0. The number of hydrogen-bond donors (Lipinski definition) is 0. The molecular weight excluding hydrogens is 165 g/mol. The number of hydrogen-bond acceptors (Lipinski definition) is 1. The number of alkyl halides is 1. The Labute approximate surface area is 83.3 Å². The van der Waals surface area contributed by atoms with Crippen molar-refractivity contribution in [3.8, 4) is 0 Å². The van der Waals surface area contributed by atoms with E-state index in [2.05, 4.69) is 11.8 Å². The molecule has 0 amide bonds. The van der Waals surface area contributed by atoms with Gasteiger partial charge in [0, 0.05) is 12.6 Å². The zero-order chi connectivity index (χ0) is 11.1. The molecular formula is C11H26FN. The molecule has 1 nitrogen and oxygen atoms in total. The minimum atomic E-state index is -0.936. The third-order valence-electron chi connectivity index (χ3n) is 2.05. The fraction of sp³-hybridized carbons (Fsp3) is 1.00. The van der Waals surface area contributed by atoms with Gasteiger partial charge in [0.05, 0.1) is 0 Å². The average Bonchev–Trinajstić information content (AvgIpc) is 2.32. The van der Waals surface area contributed by atoms with Crippen molar-refractivity contribution in [2.24, 2.45) is 0 Å². The first-order valence-corrected chi connectivity index (χ1v) is 5.40. The van der Waals surface area contributed by atoms with Crippen LogP contribution in [0.15, 0.2) is 0 Å². The summed E-state index contributed by atoms with van der Waals surface area (Å²) in [5.41, 5.74) is -0.936. The first kappa shape index (κ1) is 15.4. The molecule has 13 heavy (non-hydrogen) atoms. The Bertz CT molecular complexity index is 101. The Morgan fingerprint density at radius 1 is 1.23 bits per heavy atom. The molecule has 0 aromatic carbocycles. The van der Waals surface area contributed by atoms with Gasteiger partial charge in [-0.2, -0.15) is 0 Å². The van der Waals surface area contributed by atoms with Crippen LogP contribution in [0, 0.1) is 0 Å². The summed E-state index contributed by atoms with van der Waals surface area (Å²) in [4.78, 5) is 2.06. The lowest BCUT2D eigenvalue weighted by molar-refractivity contribution is 0.198. The summed E-state index contributed by atoms with van der Waals surface area (Å²) in [6, 6.07) is 0.417. The molecule has 82 valence electrons. The molecule has 0 aromatic heterocycles. The molecule has 0 aromatic rings. The van der Waals surface area contributed by atoms with Crippen molar-refractivity contribution in [3.05, 3.63) is 0 Å². The largest absolute Gasteiger partial charge is 0.300 e. The van der Waals surface area contributed by atoms with Crippen LogP contribution in [0.25, 0.3) is 0 Å². The molecule has 0 N–H and O–H groups in total. The van der Waals surface area contributed by atoms with Gasteiger partial charge in [-0.3, -0.25) is 0 Å². The van der Waals surface area contributed by atoms with E-state index in [0.29, 0.717) is 19.0 Å². The van der Waals surface area contributed by atoms with Gasteiger partial charge in [-0.05, 0) is 27.3 Å². The number of likely N-dealkylation sites (tertiary alicyclic amines) is 1. The lowest BCUT2D eigenvalue weighted by atomic mass is 10.1. The molecule has 1 aliphatic heterocycles. The maximum Gasteiger partial charge on any atom is 0.122 e. The normalized spacial score (nSPS) is 32.8. The molecule has 1 saturated heterocycles. The highest BCUT2D eigenvalue weighted by Crippen LogP contribution is 2.28. The van der Waals surface area contributed by atoms with Crippen molar-refractivity contribution < 1.29 is 4.39 Å². The van der Waals surface area contributed by atoms with Crippen LogP contribution in [-0.2, 0) is 0 Å². The molecule has 0 aliphatic carbocycles. The molecule has 2 heteroatoms. The van der Waals surface area contributed by atoms with E-state index in [9.17, 15) is 4.39 Å². The Kier molecular flexibility index (Phi) is 8.64. The molecule has 0 spiro atoms. The van der Waals surface area contributed by atoms with E-state index in [1.54, 1.807) is 6.92 Å². The molecule has 2 atom stereocenters. The number of halogens is 1. The molecule has 1 rings (SSSR count). The van der Waals surface area contributed by atoms with Gasteiger partial charge in [-0.1, -0.05) is 27.7 Å². The Hall–Kier alpha value is -0.110. The van der Waals surface area contributed by atoms with Crippen LogP contribution < -0.4 is 0 Å². The van der Waals surface area contributed by atoms with Crippen LogP contribution in [0.3, 0.4) is 0 Å². The summed E-state index contributed by atoms with van der Waals surface area (Å²) in [7, 11) is 1.97. The van der Waals surface area contributed by atoms with Gasteiger partial charge >= 0.3 is 0 Å². The zero-order valence-electron chi connectivity index (χ0n) is 10.3. The fourth-order valence-corrected chi connectivity index (χ4v) is 1.51. The third kappa shape index (κ3) is 6.03. The first-order chi connectivity index (χ1) is 6.01. The van der Waals surface area contributed by atoms with Crippen molar-refractivity contribution in [2.75, 3.05) is 13.6 Å². The quantitative estimate of drug-likeness (QED) is 0.566. The molecule has 1 heterocycles. The summed E-state index contributed by atoms with van der Waals surface area (Å²) >= 11 is 0. The molecule has 1 aliphatic rings. The van der Waals surface area contributed by atoms with Crippen LogP contribution in [0.4, 0.5) is 4.39 Å². The van der Waals surface area contributed by atoms with Crippen LogP contribution >= 0.6 is 0 Å². The van der Waals surface area contributed by atoms with Crippen LogP contribution in [-0.4, -0.2) is 30.2 Å². The predicted molar refractivity (Wildman–Crippen MR) is 58.9 cm³/mol. The smallest absolute Gasteiger partial charge is 0.122 e. The van der Waals surface area contributed by atoms with E-state index >= 15 is 0 Å². The highest BCUT2D eigenvalue weighted by Gasteiger charge is 2.36. The van der Waals surface area contributed by atoms with Crippen LogP contribution in [0.5, 0.6) is 0 Å². The monoisotopic (exact) mass is 191 g/mol. The van der Waals surface area contributed by atoms with Gasteiger partial charge in [0.1, 0.15) is 5.67 Å². The topological polar surface area (TPSA) is 3.24 Å². The average molecular weight is 191 g/mol. The van der Waals surface area contributed by atoms with Crippen molar-refractivity contribution in [1.82, 2.24) is 4.90 Å². The van der Waals surface area contributed by atoms with Crippen molar-refractivity contribution in [1.29, 1.82) is 0 Å². The van der Waals surface area contributed by atoms with E-state index in [0.717, 1.165) is 0 Å². The second-order valence-electron chi connectivity index (χ2n) is 3.38. The zero-order valence-corrected chi connectivity index (χ0v) is 10.3. The van der Waals surface area contributed by atoms with E-state index in [1.807, 2.05) is 34.7 Å². The highest BCUT2D eigenvalue weighted by molar-refractivity contribution is 4.89. The maximum absolute atomic E-state index is 13.1. The fourth-order valence-electron chi connectivity index (χ4n) is 1.51. The van der Waals surface area contributed by atoms with Gasteiger partial charge in [0.15, 0.2) is 0 Å². The molecule has 2 unspecified atom stereocenters. The van der Waals surface area contributed by atoms with E-state index in [4.69, 9.17) is 0 Å². The number of nitrogens with zero attached hydrogens (tertiary/aromatic N) is 1. The molecule has 0 bridgehead atoms.